The van der Waals surface area contributed by atoms with Gasteiger partial charge < -0.3 is 14.4 Å². The number of rotatable bonds is 4. The van der Waals surface area contributed by atoms with Crippen molar-refractivity contribution in [2.45, 2.75) is 19.4 Å². The molecule has 6 nitrogen and oxygen atoms in total. The molecule has 126 valence electrons. The van der Waals surface area contributed by atoms with E-state index in [1.807, 2.05) is 0 Å². The van der Waals surface area contributed by atoms with E-state index in [2.05, 4.69) is 15.9 Å². The first-order valence-electron chi connectivity index (χ1n) is 7.27. The van der Waals surface area contributed by atoms with Crippen LogP contribution in [0.1, 0.15) is 29.9 Å². The first kappa shape index (κ1) is 16.6. The number of benzene rings is 1. The standard InChI is InChI=1S/C16H13BrFNO5/c1-2-24-12(20)6-10-13(16(22)23)15(21)11-4-7-3-8(18)5-9(17)14(7)19(10)11/h3-5,10,13H,2,6H2,1H3,(H,22,23). The second-order valence-electron chi connectivity index (χ2n) is 5.48. The fourth-order valence-corrected chi connectivity index (χ4v) is 3.82. The van der Waals surface area contributed by atoms with E-state index in [0.717, 1.165) is 0 Å². The molecule has 0 aliphatic carbocycles. The smallest absolute Gasteiger partial charge is 0.316 e. The molecule has 0 saturated heterocycles. The third kappa shape index (κ3) is 2.50. The number of carbonyl (C=O) groups excluding carboxylic acids is 2. The van der Waals surface area contributed by atoms with Crippen molar-refractivity contribution in [2.24, 2.45) is 5.92 Å². The molecule has 1 aromatic carbocycles. The summed E-state index contributed by atoms with van der Waals surface area (Å²) in [5.41, 5.74) is 0.635. The Kier molecular flexibility index (Phi) is 4.16. The van der Waals surface area contributed by atoms with Crippen molar-refractivity contribution in [3.8, 4) is 0 Å². The summed E-state index contributed by atoms with van der Waals surface area (Å²) in [5.74, 6) is -4.34. The summed E-state index contributed by atoms with van der Waals surface area (Å²) in [6, 6.07) is 3.03. The molecule has 1 aliphatic heterocycles. The predicted octanol–water partition coefficient (Wildman–Crippen LogP) is 2.93. The molecule has 8 heteroatoms. The van der Waals surface area contributed by atoms with Crippen LogP contribution in [0.3, 0.4) is 0 Å². The van der Waals surface area contributed by atoms with Crippen LogP contribution in [0.5, 0.6) is 0 Å². The Hall–Kier alpha value is -2.22. The maximum Gasteiger partial charge on any atom is 0.316 e. The Labute approximate surface area is 144 Å². The highest BCUT2D eigenvalue weighted by atomic mass is 79.9. The molecule has 0 radical (unpaired) electrons. The zero-order valence-electron chi connectivity index (χ0n) is 12.6. The molecule has 2 atom stereocenters. The van der Waals surface area contributed by atoms with E-state index in [0.29, 0.717) is 15.4 Å². The van der Waals surface area contributed by atoms with Crippen molar-refractivity contribution >= 4 is 44.6 Å². The van der Waals surface area contributed by atoms with Gasteiger partial charge in [0.15, 0.2) is 5.78 Å². The summed E-state index contributed by atoms with van der Waals surface area (Å²) in [4.78, 5) is 35.9. The van der Waals surface area contributed by atoms with Crippen LogP contribution in [0, 0.1) is 11.7 Å². The summed E-state index contributed by atoms with van der Waals surface area (Å²) in [6.45, 7) is 1.80. The van der Waals surface area contributed by atoms with Crippen LogP contribution in [0.25, 0.3) is 10.9 Å². The summed E-state index contributed by atoms with van der Waals surface area (Å²) >= 11 is 3.25. The molecule has 2 aromatic rings. The highest BCUT2D eigenvalue weighted by molar-refractivity contribution is 9.10. The second kappa shape index (κ2) is 6.01. The number of nitrogens with zero attached hydrogens (tertiary/aromatic N) is 1. The number of esters is 1. The minimum absolute atomic E-state index is 0.151. The SMILES string of the molecule is CCOC(=O)CC1C(C(=O)O)C(=O)c2cc3cc(F)cc(Br)c3n21. The van der Waals surface area contributed by atoms with Gasteiger partial charge in [-0.15, -0.1) is 0 Å². The highest BCUT2D eigenvalue weighted by Crippen LogP contribution is 2.41. The molecule has 1 aromatic heterocycles. The summed E-state index contributed by atoms with van der Waals surface area (Å²) in [6.07, 6.45) is -0.253. The minimum atomic E-state index is -1.37. The molecule has 0 fully saturated rings. The fourth-order valence-electron chi connectivity index (χ4n) is 3.18. The monoisotopic (exact) mass is 397 g/mol. The molecular formula is C16H13BrFNO5. The number of carbonyl (C=O) groups is 3. The number of carboxylic acid groups (broad SMARTS) is 1. The molecule has 1 aliphatic rings. The average molecular weight is 398 g/mol. The molecule has 0 saturated carbocycles. The van der Waals surface area contributed by atoms with Crippen molar-refractivity contribution in [3.63, 3.8) is 0 Å². The zero-order chi connectivity index (χ0) is 17.6. The van der Waals surface area contributed by atoms with Crippen LogP contribution < -0.4 is 0 Å². The molecule has 2 unspecified atom stereocenters. The Bertz CT molecular complexity index is 875. The third-order valence-electron chi connectivity index (χ3n) is 4.05. The van der Waals surface area contributed by atoms with E-state index in [1.54, 1.807) is 6.92 Å². The van der Waals surface area contributed by atoms with Gasteiger partial charge in [-0.1, -0.05) is 0 Å². The molecule has 0 spiro atoms. The number of fused-ring (bicyclic) bond motifs is 3. The van der Waals surface area contributed by atoms with Gasteiger partial charge in [-0.05, 0) is 41.1 Å². The van der Waals surface area contributed by atoms with Gasteiger partial charge in [0.2, 0.25) is 0 Å². The summed E-state index contributed by atoms with van der Waals surface area (Å²) in [7, 11) is 0. The van der Waals surface area contributed by atoms with Gasteiger partial charge in [0.05, 0.1) is 30.3 Å². The number of ether oxygens (including phenoxy) is 1. The van der Waals surface area contributed by atoms with Gasteiger partial charge >= 0.3 is 11.9 Å². The lowest BCUT2D eigenvalue weighted by atomic mass is 9.95. The van der Waals surface area contributed by atoms with E-state index < -0.39 is 35.5 Å². The molecule has 3 rings (SSSR count). The lowest BCUT2D eigenvalue weighted by Crippen LogP contribution is -2.27. The molecule has 2 heterocycles. The maximum atomic E-state index is 13.6. The summed E-state index contributed by atoms with van der Waals surface area (Å²) in [5, 5.41) is 9.88. The third-order valence-corrected chi connectivity index (χ3v) is 4.65. The largest absolute Gasteiger partial charge is 0.481 e. The van der Waals surface area contributed by atoms with Gasteiger partial charge in [-0.3, -0.25) is 14.4 Å². The first-order valence-corrected chi connectivity index (χ1v) is 8.07. The van der Waals surface area contributed by atoms with Crippen molar-refractivity contribution in [3.05, 3.63) is 34.2 Å². The van der Waals surface area contributed by atoms with Gasteiger partial charge in [0.25, 0.3) is 0 Å². The normalized spacial score (nSPS) is 19.5. The average Bonchev–Trinajstić information content (AvgIpc) is 2.95. The zero-order valence-corrected chi connectivity index (χ0v) is 14.2. The topological polar surface area (TPSA) is 85.6 Å². The molecular weight excluding hydrogens is 385 g/mol. The van der Waals surface area contributed by atoms with Crippen LogP contribution >= 0.6 is 15.9 Å². The van der Waals surface area contributed by atoms with Crippen LogP contribution in [-0.2, 0) is 14.3 Å². The number of hydrogen-bond donors (Lipinski definition) is 1. The number of carboxylic acids is 1. The Balaban J connectivity index is 2.18. The lowest BCUT2D eigenvalue weighted by molar-refractivity contribution is -0.145. The highest BCUT2D eigenvalue weighted by Gasteiger charge is 2.46. The van der Waals surface area contributed by atoms with Gasteiger partial charge in [-0.2, -0.15) is 0 Å². The lowest BCUT2D eigenvalue weighted by Gasteiger charge is -2.18. The van der Waals surface area contributed by atoms with Gasteiger partial charge in [0, 0.05) is 9.86 Å². The number of aromatic nitrogens is 1. The van der Waals surface area contributed by atoms with Crippen molar-refractivity contribution < 1.29 is 28.6 Å². The van der Waals surface area contributed by atoms with Crippen molar-refractivity contribution in [2.75, 3.05) is 6.61 Å². The predicted molar refractivity (Wildman–Crippen MR) is 85.3 cm³/mol. The van der Waals surface area contributed by atoms with Crippen molar-refractivity contribution in [1.82, 2.24) is 4.57 Å². The summed E-state index contributed by atoms with van der Waals surface area (Å²) < 4.78 is 20.4. The Morgan fingerprint density at radius 3 is 2.71 bits per heavy atom. The number of halogens is 2. The second-order valence-corrected chi connectivity index (χ2v) is 6.34. The number of aliphatic carboxylic acids is 1. The van der Waals surface area contributed by atoms with E-state index in [-0.39, 0.29) is 18.7 Å². The van der Waals surface area contributed by atoms with Crippen LogP contribution in [0.2, 0.25) is 0 Å². The number of hydrogen-bond acceptors (Lipinski definition) is 4. The van der Waals surface area contributed by atoms with E-state index in [1.165, 1.54) is 22.8 Å². The first-order chi connectivity index (χ1) is 11.3. The van der Waals surface area contributed by atoms with E-state index in [9.17, 15) is 23.9 Å². The van der Waals surface area contributed by atoms with Crippen LogP contribution in [-0.4, -0.2) is 34.0 Å². The van der Waals surface area contributed by atoms with Gasteiger partial charge in [0.1, 0.15) is 11.7 Å². The Morgan fingerprint density at radius 2 is 2.08 bits per heavy atom. The number of Topliss-reactive ketones (excluding diaryl/α,β-unsaturated/α-hetero) is 1. The maximum absolute atomic E-state index is 13.6. The van der Waals surface area contributed by atoms with Crippen molar-refractivity contribution in [1.29, 1.82) is 0 Å². The molecule has 1 N–H and O–H groups in total. The molecule has 0 bridgehead atoms. The van der Waals surface area contributed by atoms with E-state index in [4.69, 9.17) is 4.74 Å². The fraction of sp³-hybridized carbons (Fsp3) is 0.312. The van der Waals surface area contributed by atoms with Gasteiger partial charge in [-0.25, -0.2) is 4.39 Å². The number of ketones is 1. The molecule has 0 amide bonds. The quantitative estimate of drug-likeness (QED) is 0.633. The minimum Gasteiger partial charge on any atom is -0.481 e. The van der Waals surface area contributed by atoms with Crippen LogP contribution in [0.15, 0.2) is 22.7 Å². The molecule has 24 heavy (non-hydrogen) atoms. The Morgan fingerprint density at radius 1 is 1.38 bits per heavy atom. The van der Waals surface area contributed by atoms with Crippen LogP contribution in [0.4, 0.5) is 4.39 Å². The van der Waals surface area contributed by atoms with E-state index >= 15 is 0 Å².